The molecule has 4 N–H and O–H groups in total. The molecule has 2 aromatic rings. The highest BCUT2D eigenvalue weighted by Gasteiger charge is 2.72. The molecule has 1 aliphatic heterocycles. The quantitative estimate of drug-likeness (QED) is 0.368. The molecule has 1 heterocycles. The van der Waals surface area contributed by atoms with Crippen LogP contribution >= 0.6 is 0 Å². The Labute approximate surface area is 256 Å². The molecule has 234 valence electrons. The maximum Gasteiger partial charge on any atom is 0.352 e. The molecule has 1 amide bonds. The summed E-state index contributed by atoms with van der Waals surface area (Å²) >= 11 is 0. The summed E-state index contributed by atoms with van der Waals surface area (Å²) in [5, 5.41) is 14.9. The van der Waals surface area contributed by atoms with E-state index in [0.717, 1.165) is 29.5 Å². The molecule has 44 heavy (non-hydrogen) atoms. The lowest BCUT2D eigenvalue weighted by Crippen LogP contribution is -2.69. The molecule has 2 aromatic carbocycles. The van der Waals surface area contributed by atoms with E-state index >= 15 is 0 Å². The third kappa shape index (κ3) is 4.66. The third-order valence-electron chi connectivity index (χ3n) is 10.1. The van der Waals surface area contributed by atoms with Gasteiger partial charge in [-0.2, -0.15) is 0 Å². The minimum Gasteiger partial charge on any atom is -0.493 e. The zero-order chi connectivity index (χ0) is 31.4. The van der Waals surface area contributed by atoms with Gasteiger partial charge in [-0.25, -0.2) is 9.59 Å². The number of carbonyl (C=O) groups excluding carboxylic acids is 3. The fourth-order valence-corrected chi connectivity index (χ4v) is 7.83. The van der Waals surface area contributed by atoms with E-state index in [1.165, 1.54) is 13.8 Å². The SMILES string of the molecule is COc1ccc2c3c1O[C@H]1C(OC(=O)[C@H](C)OC(=O)[C@H](C)NC(=O)[C@@H](N)Cc4ccccc4)=CC[C@@]4(O)[C@@H](C2)C(C)CC[C@]314. The van der Waals surface area contributed by atoms with E-state index in [9.17, 15) is 19.5 Å². The zero-order valence-electron chi connectivity index (χ0n) is 25.5. The number of aliphatic hydroxyl groups is 1. The van der Waals surface area contributed by atoms with Crippen molar-refractivity contribution in [2.75, 3.05) is 7.11 Å². The summed E-state index contributed by atoms with van der Waals surface area (Å²) in [5.74, 6) is -0.301. The molecule has 1 unspecified atom stereocenters. The molecule has 0 radical (unpaired) electrons. The Morgan fingerprint density at radius 3 is 2.61 bits per heavy atom. The monoisotopic (exact) mass is 604 g/mol. The predicted molar refractivity (Wildman–Crippen MR) is 160 cm³/mol. The Morgan fingerprint density at radius 2 is 1.89 bits per heavy atom. The maximum atomic E-state index is 13.3. The summed E-state index contributed by atoms with van der Waals surface area (Å²) < 4.78 is 23.4. The molecule has 2 bridgehead atoms. The highest BCUT2D eigenvalue weighted by Crippen LogP contribution is 2.68. The second-order valence-electron chi connectivity index (χ2n) is 12.7. The van der Waals surface area contributed by atoms with Crippen LogP contribution in [0.25, 0.3) is 0 Å². The summed E-state index contributed by atoms with van der Waals surface area (Å²) in [6.07, 6.45) is 2.66. The van der Waals surface area contributed by atoms with Crippen LogP contribution in [0.5, 0.6) is 11.5 Å². The number of amides is 1. The van der Waals surface area contributed by atoms with Gasteiger partial charge < -0.3 is 35.1 Å². The molecular formula is C34H40N2O8. The molecule has 0 saturated heterocycles. The second kappa shape index (κ2) is 11.2. The van der Waals surface area contributed by atoms with Crippen LogP contribution in [0, 0.1) is 11.8 Å². The van der Waals surface area contributed by atoms with E-state index in [1.54, 1.807) is 13.2 Å². The minimum atomic E-state index is -1.27. The van der Waals surface area contributed by atoms with Gasteiger partial charge in [-0.1, -0.05) is 43.3 Å². The van der Waals surface area contributed by atoms with Crippen molar-refractivity contribution in [2.24, 2.45) is 17.6 Å². The summed E-state index contributed by atoms with van der Waals surface area (Å²) in [4.78, 5) is 38.7. The number of benzene rings is 2. The third-order valence-corrected chi connectivity index (χ3v) is 10.1. The Hall–Kier alpha value is -3.89. The first-order valence-electron chi connectivity index (χ1n) is 15.3. The Morgan fingerprint density at radius 1 is 1.14 bits per heavy atom. The van der Waals surface area contributed by atoms with Crippen LogP contribution < -0.4 is 20.5 Å². The van der Waals surface area contributed by atoms with Gasteiger partial charge in [0.1, 0.15) is 11.8 Å². The molecular weight excluding hydrogens is 564 g/mol. The maximum absolute atomic E-state index is 13.3. The van der Waals surface area contributed by atoms with Gasteiger partial charge in [0, 0.05) is 5.56 Å². The van der Waals surface area contributed by atoms with E-state index in [0.29, 0.717) is 36.7 Å². The van der Waals surface area contributed by atoms with Crippen molar-refractivity contribution in [2.45, 2.75) is 88.2 Å². The molecule has 10 heteroatoms. The second-order valence-corrected chi connectivity index (χ2v) is 12.7. The molecule has 4 aliphatic rings. The number of carbonyl (C=O) groups is 3. The number of hydrogen-bond acceptors (Lipinski definition) is 9. The van der Waals surface area contributed by atoms with Crippen molar-refractivity contribution < 1.29 is 38.4 Å². The standard InChI is InChI=1S/C34H40N2O8/c1-18-12-14-33-27-22-10-11-25(41-4)28(27)44-29(33)26(13-15-34(33,40)23(18)17-22)43-32(39)20(3)42-31(38)19(2)36-30(37)24(35)16-21-8-6-5-7-9-21/h5-11,13,18-20,23-24,29,40H,12,14-17,35H2,1-4H3,(H,36,37)/t18?,19-,20-,23-,24-,29-,33-,34+/m0/s1. The van der Waals surface area contributed by atoms with Crippen LogP contribution in [0.15, 0.2) is 54.3 Å². The lowest BCUT2D eigenvalue weighted by Gasteiger charge is -2.61. The minimum absolute atomic E-state index is 0.0279. The van der Waals surface area contributed by atoms with Crippen molar-refractivity contribution in [3.63, 3.8) is 0 Å². The number of ether oxygens (including phenoxy) is 4. The normalized spacial score (nSPS) is 29.6. The van der Waals surface area contributed by atoms with E-state index in [-0.39, 0.29) is 11.7 Å². The van der Waals surface area contributed by atoms with Crippen molar-refractivity contribution in [3.05, 3.63) is 71.0 Å². The van der Waals surface area contributed by atoms with Crippen molar-refractivity contribution in [1.29, 1.82) is 0 Å². The molecule has 8 atom stereocenters. The largest absolute Gasteiger partial charge is 0.493 e. The Kier molecular flexibility index (Phi) is 7.70. The van der Waals surface area contributed by atoms with E-state index in [2.05, 4.69) is 18.3 Å². The van der Waals surface area contributed by atoms with E-state index in [4.69, 9.17) is 24.7 Å². The predicted octanol–water partition coefficient (Wildman–Crippen LogP) is 2.86. The Balaban J connectivity index is 1.14. The molecule has 3 aliphatic carbocycles. The van der Waals surface area contributed by atoms with Crippen LogP contribution in [0.4, 0.5) is 0 Å². The number of rotatable bonds is 9. The zero-order valence-corrected chi connectivity index (χ0v) is 25.5. The van der Waals surface area contributed by atoms with E-state index in [1.807, 2.05) is 36.4 Å². The summed E-state index contributed by atoms with van der Waals surface area (Å²) in [5.41, 5.74) is 7.15. The first-order valence-corrected chi connectivity index (χ1v) is 15.3. The lowest BCUT2D eigenvalue weighted by atomic mass is 9.45. The van der Waals surface area contributed by atoms with Crippen LogP contribution in [0.3, 0.4) is 0 Å². The van der Waals surface area contributed by atoms with Crippen molar-refractivity contribution >= 4 is 17.8 Å². The van der Waals surface area contributed by atoms with E-state index < -0.39 is 53.2 Å². The van der Waals surface area contributed by atoms with Gasteiger partial charge in [0.05, 0.1) is 24.2 Å². The van der Waals surface area contributed by atoms with Crippen LogP contribution in [-0.4, -0.2) is 60.0 Å². The lowest BCUT2D eigenvalue weighted by molar-refractivity contribution is -0.176. The fraction of sp³-hybridized carbons (Fsp3) is 0.500. The number of nitrogens with one attached hydrogen (secondary N) is 1. The van der Waals surface area contributed by atoms with Crippen LogP contribution in [-0.2, 0) is 42.1 Å². The number of esters is 2. The highest BCUT2D eigenvalue weighted by molar-refractivity contribution is 5.88. The molecule has 1 saturated carbocycles. The van der Waals surface area contributed by atoms with Gasteiger partial charge in [-0.15, -0.1) is 0 Å². The van der Waals surface area contributed by atoms with Gasteiger partial charge in [0.25, 0.3) is 0 Å². The topological polar surface area (TPSA) is 146 Å². The first-order chi connectivity index (χ1) is 21.0. The summed E-state index contributed by atoms with van der Waals surface area (Å²) in [7, 11) is 1.58. The molecule has 6 rings (SSSR count). The first kappa shape index (κ1) is 30.1. The van der Waals surface area contributed by atoms with Gasteiger partial charge in [0.15, 0.2) is 23.7 Å². The average Bonchev–Trinajstić information content (AvgIpc) is 3.36. The molecule has 0 aromatic heterocycles. The number of hydrogen-bond donors (Lipinski definition) is 3. The Bertz CT molecular complexity index is 1510. The van der Waals surface area contributed by atoms with Gasteiger partial charge in [-0.05, 0) is 81.1 Å². The van der Waals surface area contributed by atoms with Crippen LogP contribution in [0.1, 0.15) is 56.7 Å². The van der Waals surface area contributed by atoms with Gasteiger partial charge >= 0.3 is 11.9 Å². The molecule has 1 spiro atoms. The van der Waals surface area contributed by atoms with Crippen molar-refractivity contribution in [3.8, 4) is 11.5 Å². The summed E-state index contributed by atoms with van der Waals surface area (Å²) in [6, 6.07) is 11.4. The smallest absolute Gasteiger partial charge is 0.352 e. The van der Waals surface area contributed by atoms with Crippen LogP contribution in [0.2, 0.25) is 0 Å². The van der Waals surface area contributed by atoms with Crippen molar-refractivity contribution in [1.82, 2.24) is 5.32 Å². The molecule has 1 fully saturated rings. The number of methoxy groups -OCH3 is 1. The van der Waals surface area contributed by atoms with Gasteiger partial charge in [-0.3, -0.25) is 4.79 Å². The number of nitrogens with two attached hydrogens (primary N) is 1. The summed E-state index contributed by atoms with van der Waals surface area (Å²) in [6.45, 7) is 5.07. The average molecular weight is 605 g/mol. The van der Waals surface area contributed by atoms with Gasteiger partial charge in [0.2, 0.25) is 5.91 Å². The molecule has 10 nitrogen and oxygen atoms in total. The fourth-order valence-electron chi connectivity index (χ4n) is 7.83. The highest BCUT2D eigenvalue weighted by atomic mass is 16.6.